The van der Waals surface area contributed by atoms with Gasteiger partial charge in [-0.05, 0) is 50.1 Å². The highest BCUT2D eigenvalue weighted by Gasteiger charge is 2.35. The van der Waals surface area contributed by atoms with E-state index < -0.39 is 32.2 Å². The average Bonchev–Trinajstić information content (AvgIpc) is 3.31. The molecule has 0 aliphatic carbocycles. The Morgan fingerprint density at radius 1 is 0.905 bits per heavy atom. The Balaban J connectivity index is 1.66. The molecule has 0 aliphatic rings. The van der Waals surface area contributed by atoms with Crippen molar-refractivity contribution in [3.63, 3.8) is 0 Å². The Bertz CT molecular complexity index is 1350. The van der Waals surface area contributed by atoms with Gasteiger partial charge in [-0.15, -0.1) is 13.2 Å². The number of fused-ring (bicyclic) bond motifs is 1. The number of alkyl halides is 5. The van der Waals surface area contributed by atoms with Crippen LogP contribution in [-0.4, -0.2) is 41.7 Å². The second-order valence-electron chi connectivity index (χ2n) is 10.3. The Hall–Kier alpha value is -2.90. The van der Waals surface area contributed by atoms with Crippen LogP contribution in [0.25, 0.3) is 22.3 Å². The maximum absolute atomic E-state index is 14.3. The summed E-state index contributed by atoms with van der Waals surface area (Å²) in [5.74, 6) is -3.29. The molecule has 3 aromatic rings. The molecule has 234 valence electrons. The smallest absolute Gasteiger partial charge is 0.493 e. The van der Waals surface area contributed by atoms with Gasteiger partial charge in [0.1, 0.15) is 22.7 Å². The third kappa shape index (κ3) is 9.84. The van der Waals surface area contributed by atoms with E-state index in [0.29, 0.717) is 30.0 Å². The summed E-state index contributed by atoms with van der Waals surface area (Å²) in [5, 5.41) is 0.396. The van der Waals surface area contributed by atoms with Crippen molar-refractivity contribution in [1.29, 1.82) is 0 Å². The van der Waals surface area contributed by atoms with E-state index in [1.807, 2.05) is 13.5 Å². The topological polar surface area (TPSA) is 80.3 Å². The molecule has 0 unspecified atom stereocenters. The first-order chi connectivity index (χ1) is 19.8. The lowest BCUT2D eigenvalue weighted by atomic mass is 10.1. The van der Waals surface area contributed by atoms with Crippen LogP contribution >= 0.6 is 0 Å². The summed E-state index contributed by atoms with van der Waals surface area (Å²) in [6.45, 7) is 3.83. The van der Waals surface area contributed by atoms with Gasteiger partial charge in [-0.2, -0.15) is 0 Å². The van der Waals surface area contributed by atoms with Gasteiger partial charge in [-0.3, -0.25) is 0 Å². The third-order valence-electron chi connectivity index (χ3n) is 6.95. The minimum absolute atomic E-state index is 0.0113. The summed E-state index contributed by atoms with van der Waals surface area (Å²) in [7, 11) is 0.654. The standard InChI is InChI=1S/C29H37F5O7Si/c1-5-6-7-10-22-19-25(41-29(32,33)34)26(39-22)23-17-20-11-12-21(18-24(20)40-27(23)35)38-15-8-13-28(30,31)14-9-16-42(4,36-2)37-3/h11-12,17-19H,5-10,13-16H2,1-4H3. The van der Waals surface area contributed by atoms with Crippen LogP contribution in [0.15, 0.2) is 44.0 Å². The third-order valence-corrected chi connectivity index (χ3v) is 9.94. The van der Waals surface area contributed by atoms with Crippen LogP contribution in [0, 0.1) is 0 Å². The van der Waals surface area contributed by atoms with Crippen molar-refractivity contribution in [3.8, 4) is 22.8 Å². The highest BCUT2D eigenvalue weighted by molar-refractivity contribution is 6.65. The largest absolute Gasteiger partial charge is 0.573 e. The van der Waals surface area contributed by atoms with E-state index in [0.717, 1.165) is 18.9 Å². The zero-order valence-corrected chi connectivity index (χ0v) is 25.2. The highest BCUT2D eigenvalue weighted by Crippen LogP contribution is 2.37. The van der Waals surface area contributed by atoms with Crippen molar-refractivity contribution in [2.24, 2.45) is 0 Å². The van der Waals surface area contributed by atoms with Crippen LogP contribution in [0.4, 0.5) is 22.0 Å². The fraction of sp³-hybridized carbons (Fsp3) is 0.552. The van der Waals surface area contributed by atoms with Crippen LogP contribution in [0.1, 0.15) is 57.6 Å². The number of hydrogen-bond acceptors (Lipinski definition) is 7. The van der Waals surface area contributed by atoms with E-state index in [4.69, 9.17) is 22.4 Å². The van der Waals surface area contributed by atoms with Gasteiger partial charge in [0.05, 0.1) is 6.61 Å². The summed E-state index contributed by atoms with van der Waals surface area (Å²) in [6.07, 6.45) is -2.38. The van der Waals surface area contributed by atoms with Crippen molar-refractivity contribution in [3.05, 3.63) is 46.5 Å². The molecule has 0 saturated carbocycles. The van der Waals surface area contributed by atoms with E-state index in [-0.39, 0.29) is 55.0 Å². The molecule has 0 N–H and O–H groups in total. The first-order valence-corrected chi connectivity index (χ1v) is 16.4. The summed E-state index contributed by atoms with van der Waals surface area (Å²) in [4.78, 5) is 12.8. The van der Waals surface area contributed by atoms with Crippen LogP contribution in [0.2, 0.25) is 12.6 Å². The monoisotopic (exact) mass is 620 g/mol. The summed E-state index contributed by atoms with van der Waals surface area (Å²) < 4.78 is 99.1. The fourth-order valence-electron chi connectivity index (χ4n) is 4.42. The summed E-state index contributed by atoms with van der Waals surface area (Å²) in [6, 6.07) is 7.48. The number of halogens is 5. The van der Waals surface area contributed by atoms with Crippen LogP contribution in [0.3, 0.4) is 0 Å². The Kier molecular flexibility index (Phi) is 11.6. The molecule has 2 heterocycles. The zero-order valence-electron chi connectivity index (χ0n) is 24.2. The summed E-state index contributed by atoms with van der Waals surface area (Å²) in [5.41, 5.74) is -1.04. The molecule has 7 nitrogen and oxygen atoms in total. The molecule has 0 atom stereocenters. The molecular formula is C29H37F5O7Si. The molecule has 0 fully saturated rings. The van der Waals surface area contributed by atoms with Crippen LogP contribution in [0.5, 0.6) is 11.5 Å². The van der Waals surface area contributed by atoms with Gasteiger partial charge in [0, 0.05) is 51.0 Å². The lowest BCUT2D eigenvalue weighted by Gasteiger charge is -2.24. The minimum Gasteiger partial charge on any atom is -0.493 e. The number of hydrogen-bond donors (Lipinski definition) is 0. The van der Waals surface area contributed by atoms with Crippen molar-refractivity contribution in [2.75, 3.05) is 20.8 Å². The maximum Gasteiger partial charge on any atom is 0.573 e. The van der Waals surface area contributed by atoms with E-state index in [2.05, 4.69) is 4.74 Å². The molecule has 0 aliphatic heterocycles. The molecule has 0 bridgehead atoms. The van der Waals surface area contributed by atoms with Crippen molar-refractivity contribution >= 4 is 19.5 Å². The molecule has 0 amide bonds. The lowest BCUT2D eigenvalue weighted by Crippen LogP contribution is -2.36. The van der Waals surface area contributed by atoms with Gasteiger partial charge in [-0.25, -0.2) is 13.6 Å². The molecular weight excluding hydrogens is 583 g/mol. The molecule has 1 aromatic carbocycles. The average molecular weight is 621 g/mol. The van der Waals surface area contributed by atoms with Crippen molar-refractivity contribution in [2.45, 2.75) is 83.2 Å². The highest BCUT2D eigenvalue weighted by atomic mass is 28.4. The predicted molar refractivity (Wildman–Crippen MR) is 149 cm³/mol. The number of aryl methyl sites for hydroxylation is 1. The molecule has 0 radical (unpaired) electrons. The van der Waals surface area contributed by atoms with Gasteiger partial charge < -0.3 is 27.2 Å². The normalized spacial score (nSPS) is 12.7. The lowest BCUT2D eigenvalue weighted by molar-refractivity contribution is -0.274. The Labute approximate surface area is 242 Å². The fourth-order valence-corrected chi connectivity index (χ4v) is 5.82. The molecule has 2 aromatic heterocycles. The van der Waals surface area contributed by atoms with Crippen LogP contribution in [-0.2, 0) is 15.3 Å². The van der Waals surface area contributed by atoms with Crippen molar-refractivity contribution < 1.29 is 49.1 Å². The van der Waals surface area contributed by atoms with Gasteiger partial charge in [-0.1, -0.05) is 19.8 Å². The quantitative estimate of drug-likeness (QED) is 0.0647. The van der Waals surface area contributed by atoms with E-state index >= 15 is 0 Å². The second-order valence-corrected chi connectivity index (χ2v) is 13.8. The minimum atomic E-state index is -4.98. The predicted octanol–water partition coefficient (Wildman–Crippen LogP) is 8.62. The number of benzene rings is 1. The molecule has 0 saturated heterocycles. The number of unbranched alkanes of at least 4 members (excludes halogenated alkanes) is 2. The number of furan rings is 1. The van der Waals surface area contributed by atoms with Crippen molar-refractivity contribution in [1.82, 2.24) is 0 Å². The zero-order chi connectivity index (χ0) is 31.0. The molecule has 13 heteroatoms. The SMILES string of the molecule is CCCCCc1cc(OC(F)(F)F)c(-c2cc3ccc(OCCCC(F)(F)CCC[Si](C)(OC)OC)cc3oc2=O)o1. The van der Waals surface area contributed by atoms with E-state index in [9.17, 15) is 26.7 Å². The molecule has 3 rings (SSSR count). The first kappa shape index (κ1) is 33.6. The van der Waals surface area contributed by atoms with Gasteiger partial charge in [0.25, 0.3) is 0 Å². The molecule has 42 heavy (non-hydrogen) atoms. The van der Waals surface area contributed by atoms with Crippen LogP contribution < -0.4 is 15.1 Å². The molecule has 0 spiro atoms. The van der Waals surface area contributed by atoms with Gasteiger partial charge in [0.2, 0.25) is 5.92 Å². The van der Waals surface area contributed by atoms with Gasteiger partial charge >= 0.3 is 20.5 Å². The van der Waals surface area contributed by atoms with E-state index in [1.54, 1.807) is 12.1 Å². The number of ether oxygens (including phenoxy) is 2. The Morgan fingerprint density at radius 3 is 2.29 bits per heavy atom. The first-order valence-electron chi connectivity index (χ1n) is 13.9. The number of rotatable bonds is 17. The summed E-state index contributed by atoms with van der Waals surface area (Å²) >= 11 is 0. The maximum atomic E-state index is 14.3. The Morgan fingerprint density at radius 2 is 1.62 bits per heavy atom. The van der Waals surface area contributed by atoms with E-state index in [1.165, 1.54) is 26.4 Å². The second kappa shape index (κ2) is 14.5. The van der Waals surface area contributed by atoms with Gasteiger partial charge in [0.15, 0.2) is 11.5 Å².